The molecule has 1 fully saturated rings. The summed E-state index contributed by atoms with van der Waals surface area (Å²) in [6.07, 6.45) is 4.74. The molecule has 1 aromatic carbocycles. The van der Waals surface area contributed by atoms with E-state index in [9.17, 15) is 4.79 Å². The molecule has 1 amide bonds. The number of hydrogen-bond donors (Lipinski definition) is 1. The summed E-state index contributed by atoms with van der Waals surface area (Å²) in [5.41, 5.74) is 2.55. The number of rotatable bonds is 5. The molecule has 5 heteroatoms. The molecule has 0 bridgehead atoms. The molecule has 1 unspecified atom stereocenters. The zero-order valence-corrected chi connectivity index (χ0v) is 15.9. The Kier molecular flexibility index (Phi) is 5.68. The standard InChI is InChI=1S/C21H26N2O2S/c24-21(20-14-17-8-4-5-9-19(17)26-20)22-18(16-6-2-1-3-7-16)15-23-10-12-25-13-11-23/h1-3,6-7,14,18H,4-5,8-13,15H2,(H,22,24). The fraction of sp³-hybridized carbons (Fsp3) is 0.476. The maximum Gasteiger partial charge on any atom is 0.261 e. The van der Waals surface area contributed by atoms with Crippen molar-refractivity contribution in [3.8, 4) is 0 Å². The second-order valence-electron chi connectivity index (χ2n) is 7.12. The number of fused-ring (bicyclic) bond motifs is 1. The summed E-state index contributed by atoms with van der Waals surface area (Å²) < 4.78 is 5.46. The Balaban J connectivity index is 1.49. The van der Waals surface area contributed by atoms with E-state index >= 15 is 0 Å². The van der Waals surface area contributed by atoms with Gasteiger partial charge in [0.1, 0.15) is 0 Å². The van der Waals surface area contributed by atoms with E-state index in [1.807, 2.05) is 18.2 Å². The van der Waals surface area contributed by atoms with Gasteiger partial charge in [-0.05, 0) is 42.9 Å². The van der Waals surface area contributed by atoms with Crippen molar-refractivity contribution in [2.24, 2.45) is 0 Å². The van der Waals surface area contributed by atoms with Crippen LogP contribution in [-0.2, 0) is 17.6 Å². The van der Waals surface area contributed by atoms with Crippen LogP contribution in [0.2, 0.25) is 0 Å². The largest absolute Gasteiger partial charge is 0.379 e. The summed E-state index contributed by atoms with van der Waals surface area (Å²) in [6.45, 7) is 4.21. The van der Waals surface area contributed by atoms with Gasteiger partial charge in [-0.25, -0.2) is 0 Å². The summed E-state index contributed by atoms with van der Waals surface area (Å²) in [5, 5.41) is 3.30. The lowest BCUT2D eigenvalue weighted by molar-refractivity contribution is 0.0332. The van der Waals surface area contributed by atoms with Gasteiger partial charge in [0.25, 0.3) is 5.91 Å². The molecule has 2 heterocycles. The van der Waals surface area contributed by atoms with Crippen LogP contribution in [-0.4, -0.2) is 43.7 Å². The molecule has 1 saturated heterocycles. The summed E-state index contributed by atoms with van der Waals surface area (Å²) in [6, 6.07) is 12.4. The number of ether oxygens (including phenoxy) is 1. The summed E-state index contributed by atoms with van der Waals surface area (Å²) in [7, 11) is 0. The first kappa shape index (κ1) is 17.7. The number of nitrogens with one attached hydrogen (secondary N) is 1. The second kappa shape index (κ2) is 8.33. The fourth-order valence-corrected chi connectivity index (χ4v) is 4.95. The third-order valence-electron chi connectivity index (χ3n) is 5.27. The SMILES string of the molecule is O=C(NC(CN1CCOCC1)c1ccccc1)c1cc2c(s1)CCCC2. The summed E-state index contributed by atoms with van der Waals surface area (Å²) in [4.78, 5) is 17.6. The summed E-state index contributed by atoms with van der Waals surface area (Å²) >= 11 is 1.68. The van der Waals surface area contributed by atoms with Crippen molar-refractivity contribution < 1.29 is 9.53 Å². The van der Waals surface area contributed by atoms with Gasteiger partial charge in [-0.3, -0.25) is 9.69 Å². The van der Waals surface area contributed by atoms with E-state index in [-0.39, 0.29) is 11.9 Å². The van der Waals surface area contributed by atoms with E-state index in [0.29, 0.717) is 0 Å². The van der Waals surface area contributed by atoms with Gasteiger partial charge in [0.2, 0.25) is 0 Å². The molecular weight excluding hydrogens is 344 g/mol. The highest BCUT2D eigenvalue weighted by molar-refractivity contribution is 7.14. The minimum Gasteiger partial charge on any atom is -0.379 e. The molecule has 1 N–H and O–H groups in total. The normalized spacial score (nSPS) is 18.9. The zero-order valence-electron chi connectivity index (χ0n) is 15.1. The van der Waals surface area contributed by atoms with E-state index in [2.05, 4.69) is 28.4 Å². The van der Waals surface area contributed by atoms with E-state index in [1.165, 1.54) is 23.3 Å². The minimum absolute atomic E-state index is 0.000859. The fourth-order valence-electron chi connectivity index (χ4n) is 3.79. The van der Waals surface area contributed by atoms with Crippen molar-refractivity contribution in [2.45, 2.75) is 31.7 Å². The lowest BCUT2D eigenvalue weighted by Crippen LogP contribution is -2.43. The molecule has 2 aromatic rings. The van der Waals surface area contributed by atoms with Crippen LogP contribution in [0.4, 0.5) is 0 Å². The Hall–Kier alpha value is -1.69. The highest BCUT2D eigenvalue weighted by atomic mass is 32.1. The van der Waals surface area contributed by atoms with Crippen LogP contribution in [0.15, 0.2) is 36.4 Å². The van der Waals surface area contributed by atoms with Crippen LogP contribution in [0.1, 0.15) is 44.6 Å². The van der Waals surface area contributed by atoms with Crippen molar-refractivity contribution in [1.29, 1.82) is 0 Å². The van der Waals surface area contributed by atoms with Gasteiger partial charge >= 0.3 is 0 Å². The van der Waals surface area contributed by atoms with Crippen LogP contribution < -0.4 is 5.32 Å². The number of hydrogen-bond acceptors (Lipinski definition) is 4. The topological polar surface area (TPSA) is 41.6 Å². The first-order chi connectivity index (χ1) is 12.8. The molecule has 0 spiro atoms. The molecule has 138 valence electrons. The average Bonchev–Trinajstić information content (AvgIpc) is 3.13. The molecule has 1 aliphatic carbocycles. The predicted molar refractivity (Wildman–Crippen MR) is 105 cm³/mol. The molecular formula is C21H26N2O2S. The number of aryl methyl sites for hydroxylation is 2. The first-order valence-electron chi connectivity index (χ1n) is 9.57. The third-order valence-corrected chi connectivity index (χ3v) is 6.51. The first-order valence-corrected chi connectivity index (χ1v) is 10.4. The number of amides is 1. The molecule has 1 atom stereocenters. The van der Waals surface area contributed by atoms with Crippen molar-refractivity contribution in [1.82, 2.24) is 10.2 Å². The number of carbonyl (C=O) groups is 1. The molecule has 4 nitrogen and oxygen atoms in total. The van der Waals surface area contributed by atoms with E-state index in [4.69, 9.17) is 4.74 Å². The van der Waals surface area contributed by atoms with Crippen molar-refractivity contribution in [3.05, 3.63) is 57.3 Å². The van der Waals surface area contributed by atoms with Gasteiger partial charge < -0.3 is 10.1 Å². The predicted octanol–water partition coefficient (Wildman–Crippen LogP) is 3.43. The molecule has 1 aromatic heterocycles. The number of nitrogens with zero attached hydrogens (tertiary/aromatic N) is 1. The number of carbonyl (C=O) groups excluding carboxylic acids is 1. The molecule has 0 saturated carbocycles. The van der Waals surface area contributed by atoms with E-state index < -0.39 is 0 Å². The number of thiophene rings is 1. The minimum atomic E-state index is 0.000859. The second-order valence-corrected chi connectivity index (χ2v) is 8.25. The highest BCUT2D eigenvalue weighted by Crippen LogP contribution is 2.30. The highest BCUT2D eigenvalue weighted by Gasteiger charge is 2.23. The van der Waals surface area contributed by atoms with Crippen LogP contribution in [0.25, 0.3) is 0 Å². The smallest absolute Gasteiger partial charge is 0.261 e. The van der Waals surface area contributed by atoms with Crippen molar-refractivity contribution >= 4 is 17.2 Å². The van der Waals surface area contributed by atoms with E-state index in [0.717, 1.165) is 56.1 Å². The Morgan fingerprint density at radius 3 is 2.69 bits per heavy atom. The Bertz CT molecular complexity index is 714. The van der Waals surface area contributed by atoms with Crippen LogP contribution in [0, 0.1) is 0 Å². The maximum absolute atomic E-state index is 12.9. The number of benzene rings is 1. The molecule has 0 radical (unpaired) electrons. The van der Waals surface area contributed by atoms with Crippen molar-refractivity contribution in [2.75, 3.05) is 32.8 Å². The lowest BCUT2D eigenvalue weighted by atomic mass is 9.99. The van der Waals surface area contributed by atoms with Crippen LogP contribution >= 0.6 is 11.3 Å². The molecule has 26 heavy (non-hydrogen) atoms. The Morgan fingerprint density at radius 2 is 1.92 bits per heavy atom. The monoisotopic (exact) mass is 370 g/mol. The lowest BCUT2D eigenvalue weighted by Gasteiger charge is -2.31. The Labute approximate surface area is 159 Å². The van der Waals surface area contributed by atoms with E-state index in [1.54, 1.807) is 11.3 Å². The van der Waals surface area contributed by atoms with Crippen LogP contribution in [0.5, 0.6) is 0 Å². The van der Waals surface area contributed by atoms with Gasteiger partial charge in [-0.2, -0.15) is 0 Å². The summed E-state index contributed by atoms with van der Waals surface area (Å²) in [5.74, 6) is 0.0616. The third kappa shape index (κ3) is 4.17. The van der Waals surface area contributed by atoms with Gasteiger partial charge in [-0.15, -0.1) is 11.3 Å². The van der Waals surface area contributed by atoms with Gasteiger partial charge in [0.05, 0.1) is 24.1 Å². The zero-order chi connectivity index (χ0) is 17.8. The quantitative estimate of drug-likeness (QED) is 0.877. The maximum atomic E-state index is 12.9. The molecule has 4 rings (SSSR count). The number of morpholine rings is 1. The van der Waals surface area contributed by atoms with Crippen molar-refractivity contribution in [3.63, 3.8) is 0 Å². The van der Waals surface area contributed by atoms with Gasteiger partial charge in [0.15, 0.2) is 0 Å². The van der Waals surface area contributed by atoms with Crippen LogP contribution in [0.3, 0.4) is 0 Å². The van der Waals surface area contributed by atoms with Gasteiger partial charge in [0, 0.05) is 24.5 Å². The molecule has 2 aliphatic rings. The molecule has 1 aliphatic heterocycles. The van der Waals surface area contributed by atoms with Gasteiger partial charge in [-0.1, -0.05) is 30.3 Å². The average molecular weight is 371 g/mol. The Morgan fingerprint density at radius 1 is 1.15 bits per heavy atom.